The third-order valence-electron chi connectivity index (χ3n) is 3.17. The van der Waals surface area contributed by atoms with Crippen LogP contribution in [0.3, 0.4) is 0 Å². The Labute approximate surface area is 154 Å². The molecule has 1 fully saturated rings. The molecule has 9 nitrogen and oxygen atoms in total. The summed E-state index contributed by atoms with van der Waals surface area (Å²) in [5.41, 5.74) is 0. The molecule has 3 amide bonds. The Morgan fingerprint density at radius 3 is 2.56 bits per heavy atom. The molecule has 0 aliphatic carbocycles. The van der Waals surface area contributed by atoms with Crippen LogP contribution in [0.4, 0.5) is 0 Å². The van der Waals surface area contributed by atoms with Crippen molar-refractivity contribution in [3.63, 3.8) is 0 Å². The fourth-order valence-electron chi connectivity index (χ4n) is 1.87. The van der Waals surface area contributed by atoms with Gasteiger partial charge in [-0.25, -0.2) is 4.79 Å². The van der Waals surface area contributed by atoms with E-state index in [9.17, 15) is 19.2 Å². The first-order chi connectivity index (χ1) is 12.0. The summed E-state index contributed by atoms with van der Waals surface area (Å²) in [4.78, 5) is 50.5. The van der Waals surface area contributed by atoms with Gasteiger partial charge in [0.05, 0.1) is 11.1 Å². The molecule has 2 N–H and O–H groups in total. The number of halogens is 1. The lowest BCUT2D eigenvalue weighted by Gasteiger charge is -2.12. The predicted molar refractivity (Wildman–Crippen MR) is 91.2 cm³/mol. The number of amides is 3. The molecule has 0 unspecified atom stereocenters. The van der Waals surface area contributed by atoms with E-state index in [0.29, 0.717) is 42.2 Å². The van der Waals surface area contributed by atoms with Crippen LogP contribution in [0.2, 0.25) is 0 Å². The molecule has 0 bridgehead atoms. The van der Waals surface area contributed by atoms with Crippen LogP contribution in [0.1, 0.15) is 25.7 Å². The van der Waals surface area contributed by atoms with Gasteiger partial charge in [-0.3, -0.25) is 14.4 Å². The number of nitrogens with zero attached hydrogens (tertiary/aromatic N) is 1. The molecule has 0 spiro atoms. The first-order valence-electron chi connectivity index (χ1n) is 7.85. The lowest BCUT2D eigenvalue weighted by atomic mass is 10.3. The van der Waals surface area contributed by atoms with Gasteiger partial charge in [0.1, 0.15) is 0 Å². The lowest BCUT2D eigenvalue weighted by Crippen LogP contribution is -2.32. The van der Waals surface area contributed by atoms with Crippen molar-refractivity contribution in [1.82, 2.24) is 15.7 Å². The largest absolute Gasteiger partial charge is 0.383 e. The average Bonchev–Trinajstić information content (AvgIpc) is 2.89. The smallest absolute Gasteiger partial charge is 0.333 e. The summed E-state index contributed by atoms with van der Waals surface area (Å²) >= 11 is 3.17. The van der Waals surface area contributed by atoms with Gasteiger partial charge >= 0.3 is 5.97 Å². The van der Waals surface area contributed by atoms with E-state index in [-0.39, 0.29) is 25.2 Å². The lowest BCUT2D eigenvalue weighted by molar-refractivity contribution is -0.197. The Kier molecular flexibility index (Phi) is 9.97. The molecular formula is C15H22BrN3O6. The number of hydrogen-bond acceptors (Lipinski definition) is 7. The first-order valence-corrected chi connectivity index (χ1v) is 8.65. The molecule has 0 aromatic rings. The average molecular weight is 420 g/mol. The van der Waals surface area contributed by atoms with Crippen molar-refractivity contribution in [3.8, 4) is 0 Å². The van der Waals surface area contributed by atoms with Gasteiger partial charge in [-0.1, -0.05) is 6.08 Å². The van der Waals surface area contributed by atoms with Gasteiger partial charge in [-0.05, 0) is 28.9 Å². The van der Waals surface area contributed by atoms with Crippen molar-refractivity contribution in [1.29, 1.82) is 0 Å². The number of methoxy groups -OCH3 is 1. The van der Waals surface area contributed by atoms with Crippen molar-refractivity contribution in [3.05, 3.63) is 10.6 Å². The van der Waals surface area contributed by atoms with Crippen LogP contribution in [0, 0.1) is 0 Å². The zero-order chi connectivity index (χ0) is 18.7. The van der Waals surface area contributed by atoms with Crippen molar-refractivity contribution in [2.24, 2.45) is 0 Å². The second kappa shape index (κ2) is 11.7. The minimum Gasteiger partial charge on any atom is -0.383 e. The molecule has 1 heterocycles. The Hall–Kier alpha value is -1.78. The highest BCUT2D eigenvalue weighted by molar-refractivity contribution is 9.12. The molecule has 10 heteroatoms. The van der Waals surface area contributed by atoms with Gasteiger partial charge in [0.2, 0.25) is 0 Å². The van der Waals surface area contributed by atoms with E-state index in [0.717, 1.165) is 0 Å². The summed E-state index contributed by atoms with van der Waals surface area (Å²) in [7, 11) is 1.55. The summed E-state index contributed by atoms with van der Waals surface area (Å²) in [5, 5.41) is 6.24. The third-order valence-corrected chi connectivity index (χ3v) is 3.85. The van der Waals surface area contributed by atoms with Crippen molar-refractivity contribution >= 4 is 39.6 Å². The van der Waals surface area contributed by atoms with Crippen LogP contribution < -0.4 is 10.6 Å². The SMILES string of the molecule is COCCNC(=O)/C(Br)=C\CNCCCC(=O)ON1C(=O)CCC1=O. The Morgan fingerprint density at radius 2 is 1.92 bits per heavy atom. The molecule has 25 heavy (non-hydrogen) atoms. The van der Waals surface area contributed by atoms with Crippen LogP contribution in [0.5, 0.6) is 0 Å². The van der Waals surface area contributed by atoms with E-state index in [2.05, 4.69) is 26.6 Å². The molecule has 1 rings (SSSR count). The summed E-state index contributed by atoms with van der Waals surface area (Å²) in [6, 6.07) is 0. The van der Waals surface area contributed by atoms with E-state index in [1.165, 1.54) is 0 Å². The topological polar surface area (TPSA) is 114 Å². The molecule has 0 radical (unpaired) electrons. The Balaban J connectivity index is 2.12. The summed E-state index contributed by atoms with van der Waals surface area (Å²) in [6.07, 6.45) is 2.37. The highest BCUT2D eigenvalue weighted by Crippen LogP contribution is 2.12. The standard InChI is InChI=1S/C15H22BrN3O6/c1-24-10-9-18-15(23)11(16)6-8-17-7-2-3-14(22)25-19-12(20)4-5-13(19)21/h6,17H,2-5,7-10H2,1H3,(H,18,23)/b11-6+. The van der Waals surface area contributed by atoms with Gasteiger partial charge in [-0.15, -0.1) is 5.06 Å². The Bertz CT molecular complexity index is 521. The van der Waals surface area contributed by atoms with Gasteiger partial charge < -0.3 is 20.2 Å². The molecule has 0 aromatic heterocycles. The monoisotopic (exact) mass is 419 g/mol. The third kappa shape index (κ3) is 8.23. The van der Waals surface area contributed by atoms with Crippen LogP contribution >= 0.6 is 15.9 Å². The zero-order valence-corrected chi connectivity index (χ0v) is 15.6. The molecular weight excluding hydrogens is 398 g/mol. The van der Waals surface area contributed by atoms with E-state index < -0.39 is 17.8 Å². The van der Waals surface area contributed by atoms with Gasteiger partial charge in [0, 0.05) is 39.5 Å². The minimum absolute atomic E-state index is 0.0758. The van der Waals surface area contributed by atoms with E-state index >= 15 is 0 Å². The number of nitrogens with one attached hydrogen (secondary N) is 2. The van der Waals surface area contributed by atoms with Crippen molar-refractivity contribution in [2.45, 2.75) is 25.7 Å². The van der Waals surface area contributed by atoms with Crippen LogP contribution in [-0.4, -0.2) is 62.1 Å². The fourth-order valence-corrected chi connectivity index (χ4v) is 2.17. The summed E-state index contributed by atoms with van der Waals surface area (Å²) < 4.78 is 5.23. The molecule has 0 saturated carbocycles. The zero-order valence-electron chi connectivity index (χ0n) is 14.0. The molecule has 0 atom stereocenters. The second-order valence-corrected chi connectivity index (χ2v) is 6.01. The number of imide groups is 1. The fraction of sp³-hybridized carbons (Fsp3) is 0.600. The van der Waals surface area contributed by atoms with E-state index in [1.54, 1.807) is 13.2 Å². The van der Waals surface area contributed by atoms with E-state index in [1.807, 2.05) is 0 Å². The molecule has 1 aliphatic rings. The molecule has 1 saturated heterocycles. The predicted octanol–water partition coefficient (Wildman–Crippen LogP) is 0.00480. The minimum atomic E-state index is -0.625. The summed E-state index contributed by atoms with van der Waals surface area (Å²) in [6.45, 7) is 1.82. The van der Waals surface area contributed by atoms with Crippen LogP contribution in [-0.2, 0) is 28.8 Å². The Morgan fingerprint density at radius 1 is 1.24 bits per heavy atom. The van der Waals surface area contributed by atoms with Crippen molar-refractivity contribution < 1.29 is 28.8 Å². The first kappa shape index (κ1) is 21.3. The van der Waals surface area contributed by atoms with E-state index in [4.69, 9.17) is 9.57 Å². The number of ether oxygens (including phenoxy) is 1. The maximum absolute atomic E-state index is 11.6. The highest BCUT2D eigenvalue weighted by atomic mass is 79.9. The van der Waals surface area contributed by atoms with Gasteiger partial charge in [-0.2, -0.15) is 0 Å². The summed E-state index contributed by atoms with van der Waals surface area (Å²) in [5.74, 6) is -1.84. The van der Waals surface area contributed by atoms with Gasteiger partial charge in [0.15, 0.2) is 0 Å². The highest BCUT2D eigenvalue weighted by Gasteiger charge is 2.32. The number of rotatable bonds is 11. The maximum Gasteiger partial charge on any atom is 0.333 e. The van der Waals surface area contributed by atoms with Crippen LogP contribution in [0.15, 0.2) is 10.6 Å². The van der Waals surface area contributed by atoms with Gasteiger partial charge in [0.25, 0.3) is 17.7 Å². The second-order valence-electron chi connectivity index (χ2n) is 5.15. The molecule has 1 aliphatic heterocycles. The quantitative estimate of drug-likeness (QED) is 0.275. The van der Waals surface area contributed by atoms with Crippen molar-refractivity contribution in [2.75, 3.05) is 33.4 Å². The number of hydroxylamine groups is 2. The van der Waals surface area contributed by atoms with Crippen LogP contribution in [0.25, 0.3) is 0 Å². The maximum atomic E-state index is 11.6. The normalized spacial score (nSPS) is 14.8. The molecule has 140 valence electrons. The number of carbonyl (C=O) groups excluding carboxylic acids is 4. The number of hydrogen-bond donors (Lipinski definition) is 2. The molecule has 0 aromatic carbocycles. The number of carbonyl (C=O) groups is 4.